The summed E-state index contributed by atoms with van der Waals surface area (Å²) in [4.78, 5) is 30.3. The molecule has 0 N–H and O–H groups in total. The van der Waals surface area contributed by atoms with Crippen LogP contribution in [0.1, 0.15) is 50.4 Å². The van der Waals surface area contributed by atoms with Crippen LogP contribution < -0.4 is 0 Å². The summed E-state index contributed by atoms with van der Waals surface area (Å²) >= 11 is 0. The molecule has 1 saturated heterocycles. The first-order chi connectivity index (χ1) is 15.5. The molecule has 4 rings (SSSR count). The third-order valence-corrected chi connectivity index (χ3v) is 6.29. The van der Waals surface area contributed by atoms with Crippen LogP contribution in [0.15, 0.2) is 53.1 Å². The molecule has 1 aliphatic heterocycles. The van der Waals surface area contributed by atoms with Crippen LogP contribution in [0.2, 0.25) is 0 Å². The topological polar surface area (TPSA) is 63.0 Å². The Morgan fingerprint density at radius 2 is 1.91 bits per heavy atom. The summed E-state index contributed by atoms with van der Waals surface area (Å²) in [5, 5.41) is 0. The van der Waals surface area contributed by atoms with Crippen molar-refractivity contribution in [2.24, 2.45) is 11.8 Å². The molecule has 3 unspecified atom stereocenters. The number of benzene rings is 1. The lowest BCUT2D eigenvalue weighted by atomic mass is 10.1. The standard InChI is InChI=1S/C26H34N2O4/c1-19(2)15-28(26(30)24-14-23(24)20-8-4-3-5-9-20)18-25(29)27(16-21-10-6-12-31-21)17-22-11-7-13-32-22/h3-6,8-10,12,19,22-24H,7,11,13-18H2,1-2H3. The number of nitrogens with zero attached hydrogens (tertiary/aromatic N) is 2. The Hall–Kier alpha value is -2.60. The van der Waals surface area contributed by atoms with E-state index in [0.717, 1.165) is 31.6 Å². The van der Waals surface area contributed by atoms with Crippen molar-refractivity contribution in [1.29, 1.82) is 0 Å². The second-order valence-corrected chi connectivity index (χ2v) is 9.46. The van der Waals surface area contributed by atoms with Crippen LogP contribution in [-0.4, -0.2) is 54.0 Å². The molecule has 6 heteroatoms. The average molecular weight is 439 g/mol. The van der Waals surface area contributed by atoms with Crippen LogP contribution in [0, 0.1) is 11.8 Å². The zero-order valence-corrected chi connectivity index (χ0v) is 19.1. The molecule has 0 bridgehead atoms. The molecule has 3 atom stereocenters. The molecule has 0 radical (unpaired) electrons. The fourth-order valence-corrected chi connectivity index (χ4v) is 4.59. The Balaban J connectivity index is 1.43. The number of rotatable bonds is 10. The Kier molecular flexibility index (Phi) is 7.30. The van der Waals surface area contributed by atoms with Crippen molar-refractivity contribution in [1.82, 2.24) is 9.80 Å². The molecule has 2 aromatic rings. The number of ether oxygens (including phenoxy) is 1. The monoisotopic (exact) mass is 438 g/mol. The van der Waals surface area contributed by atoms with E-state index in [1.807, 2.05) is 30.3 Å². The summed E-state index contributed by atoms with van der Waals surface area (Å²) in [5.74, 6) is 1.31. The van der Waals surface area contributed by atoms with Gasteiger partial charge in [-0.15, -0.1) is 0 Å². The van der Waals surface area contributed by atoms with Crippen LogP contribution in [0.4, 0.5) is 0 Å². The van der Waals surface area contributed by atoms with Gasteiger partial charge in [0.25, 0.3) is 0 Å². The van der Waals surface area contributed by atoms with Crippen molar-refractivity contribution in [2.45, 2.75) is 51.7 Å². The van der Waals surface area contributed by atoms with E-state index in [0.29, 0.717) is 19.6 Å². The van der Waals surface area contributed by atoms with Crippen molar-refractivity contribution in [3.8, 4) is 0 Å². The van der Waals surface area contributed by atoms with Crippen molar-refractivity contribution >= 4 is 11.8 Å². The second-order valence-electron chi connectivity index (χ2n) is 9.46. The van der Waals surface area contributed by atoms with E-state index in [2.05, 4.69) is 26.0 Å². The SMILES string of the molecule is CC(C)CN(CC(=O)N(Cc1ccco1)CC1CCCO1)C(=O)C1CC1c1ccccc1. The Bertz CT molecular complexity index is 874. The van der Waals surface area contributed by atoms with Crippen molar-refractivity contribution in [3.05, 3.63) is 60.1 Å². The third-order valence-electron chi connectivity index (χ3n) is 6.29. The molecular weight excluding hydrogens is 404 g/mol. The van der Waals surface area contributed by atoms with E-state index in [1.54, 1.807) is 16.1 Å². The van der Waals surface area contributed by atoms with Gasteiger partial charge in [0, 0.05) is 25.6 Å². The highest BCUT2D eigenvalue weighted by molar-refractivity contribution is 5.88. The van der Waals surface area contributed by atoms with Crippen molar-refractivity contribution < 1.29 is 18.7 Å². The summed E-state index contributed by atoms with van der Waals surface area (Å²) in [6, 6.07) is 13.9. The summed E-state index contributed by atoms with van der Waals surface area (Å²) in [6.07, 6.45) is 4.51. The number of carbonyl (C=O) groups is 2. The number of amides is 2. The maximum atomic E-state index is 13.4. The van der Waals surface area contributed by atoms with Gasteiger partial charge in [-0.3, -0.25) is 9.59 Å². The third kappa shape index (κ3) is 5.80. The lowest BCUT2D eigenvalue weighted by Gasteiger charge is -2.30. The molecule has 1 aliphatic carbocycles. The normalized spacial score (nSPS) is 22.2. The first kappa shape index (κ1) is 22.6. The molecule has 172 valence electrons. The first-order valence-corrected chi connectivity index (χ1v) is 11.8. The van der Waals surface area contributed by atoms with Crippen LogP contribution in [0.25, 0.3) is 0 Å². The van der Waals surface area contributed by atoms with E-state index >= 15 is 0 Å². The summed E-state index contributed by atoms with van der Waals surface area (Å²) < 4.78 is 11.3. The van der Waals surface area contributed by atoms with Gasteiger partial charge in [0.15, 0.2) is 0 Å². The van der Waals surface area contributed by atoms with Gasteiger partial charge in [-0.2, -0.15) is 0 Å². The van der Waals surface area contributed by atoms with Gasteiger partial charge in [0.2, 0.25) is 11.8 Å². The number of hydrogen-bond acceptors (Lipinski definition) is 4. The molecular formula is C26H34N2O4. The Morgan fingerprint density at radius 1 is 1.09 bits per heavy atom. The van der Waals surface area contributed by atoms with Gasteiger partial charge in [-0.1, -0.05) is 44.2 Å². The van der Waals surface area contributed by atoms with Crippen molar-refractivity contribution in [2.75, 3.05) is 26.2 Å². The van der Waals surface area contributed by atoms with Gasteiger partial charge in [-0.05, 0) is 48.8 Å². The molecule has 2 aliphatic rings. The van der Waals surface area contributed by atoms with Crippen LogP contribution in [0.5, 0.6) is 0 Å². The molecule has 0 spiro atoms. The molecule has 1 saturated carbocycles. The smallest absolute Gasteiger partial charge is 0.242 e. The lowest BCUT2D eigenvalue weighted by molar-refractivity contribution is -0.143. The fourth-order valence-electron chi connectivity index (χ4n) is 4.59. The van der Waals surface area contributed by atoms with Crippen LogP contribution >= 0.6 is 0 Å². The van der Waals surface area contributed by atoms with Gasteiger partial charge in [0.1, 0.15) is 5.76 Å². The number of carbonyl (C=O) groups excluding carboxylic acids is 2. The van der Waals surface area contributed by atoms with E-state index in [-0.39, 0.29) is 42.2 Å². The summed E-state index contributed by atoms with van der Waals surface area (Å²) in [5.41, 5.74) is 1.21. The summed E-state index contributed by atoms with van der Waals surface area (Å²) in [7, 11) is 0. The summed E-state index contributed by atoms with van der Waals surface area (Å²) in [6.45, 7) is 6.51. The van der Waals surface area contributed by atoms with E-state index < -0.39 is 0 Å². The quantitative estimate of drug-likeness (QED) is 0.561. The highest BCUT2D eigenvalue weighted by atomic mass is 16.5. The van der Waals surface area contributed by atoms with Gasteiger partial charge < -0.3 is 19.0 Å². The maximum Gasteiger partial charge on any atom is 0.242 e. The molecule has 2 heterocycles. The van der Waals surface area contributed by atoms with E-state index in [1.165, 1.54) is 5.56 Å². The molecule has 1 aromatic heterocycles. The van der Waals surface area contributed by atoms with E-state index in [9.17, 15) is 9.59 Å². The number of furan rings is 1. The van der Waals surface area contributed by atoms with E-state index in [4.69, 9.17) is 9.15 Å². The molecule has 2 amide bonds. The predicted octanol–water partition coefficient (Wildman–Crippen LogP) is 4.08. The van der Waals surface area contributed by atoms with Gasteiger partial charge in [0.05, 0.1) is 25.5 Å². The van der Waals surface area contributed by atoms with Gasteiger partial charge >= 0.3 is 0 Å². The Morgan fingerprint density at radius 3 is 2.56 bits per heavy atom. The van der Waals surface area contributed by atoms with Crippen LogP contribution in [-0.2, 0) is 20.9 Å². The molecule has 6 nitrogen and oxygen atoms in total. The predicted molar refractivity (Wildman–Crippen MR) is 122 cm³/mol. The number of hydrogen-bond donors (Lipinski definition) is 0. The zero-order valence-electron chi connectivity index (χ0n) is 19.1. The minimum absolute atomic E-state index is 0.0272. The zero-order chi connectivity index (χ0) is 22.5. The van der Waals surface area contributed by atoms with Gasteiger partial charge in [-0.25, -0.2) is 0 Å². The lowest BCUT2D eigenvalue weighted by Crippen LogP contribution is -2.46. The average Bonchev–Trinajstić information content (AvgIpc) is 3.13. The molecule has 2 fully saturated rings. The molecule has 32 heavy (non-hydrogen) atoms. The maximum absolute atomic E-state index is 13.4. The Labute approximate surface area is 190 Å². The minimum Gasteiger partial charge on any atom is -0.467 e. The van der Waals surface area contributed by atoms with Crippen molar-refractivity contribution in [3.63, 3.8) is 0 Å². The highest BCUT2D eigenvalue weighted by Crippen LogP contribution is 2.48. The second kappa shape index (κ2) is 10.3. The first-order valence-electron chi connectivity index (χ1n) is 11.8. The largest absolute Gasteiger partial charge is 0.467 e. The minimum atomic E-state index is -0.0530. The molecule has 1 aromatic carbocycles. The highest BCUT2D eigenvalue weighted by Gasteiger charge is 2.46. The fraction of sp³-hybridized carbons (Fsp3) is 0.538. The van der Waals surface area contributed by atoms with Crippen LogP contribution in [0.3, 0.4) is 0 Å².